The van der Waals surface area contributed by atoms with E-state index in [0.717, 1.165) is 5.75 Å². The average Bonchev–Trinajstić information content (AvgIpc) is 2.34. The smallest absolute Gasteiger partial charge is 0.123 e. The molecule has 0 heterocycles. The second-order valence-corrected chi connectivity index (χ2v) is 9.26. The van der Waals surface area contributed by atoms with Crippen molar-refractivity contribution in [3.05, 3.63) is 29.3 Å². The minimum Gasteiger partial charge on any atom is -0.493 e. The van der Waals surface area contributed by atoms with Crippen LogP contribution in [0.2, 0.25) is 0 Å². The number of ether oxygens (including phenoxy) is 1. The summed E-state index contributed by atoms with van der Waals surface area (Å²) in [6, 6.07) is 6.25. The first-order valence-electron chi connectivity index (χ1n) is 7.58. The molecule has 0 saturated heterocycles. The van der Waals surface area contributed by atoms with E-state index in [-0.39, 0.29) is 15.6 Å². The molecule has 0 spiro atoms. The van der Waals surface area contributed by atoms with Crippen LogP contribution in [0.5, 0.6) is 5.75 Å². The molecule has 2 N–H and O–H groups in total. The van der Waals surface area contributed by atoms with Gasteiger partial charge in [-0.2, -0.15) is 12.6 Å². The lowest BCUT2D eigenvalue weighted by Gasteiger charge is -2.32. The highest BCUT2D eigenvalue weighted by Gasteiger charge is 2.29. The second-order valence-electron chi connectivity index (χ2n) is 8.14. The molecule has 3 heteroatoms. The molecule has 0 unspecified atom stereocenters. The molecule has 1 rings (SSSR count). The number of rotatable bonds is 5. The van der Waals surface area contributed by atoms with Gasteiger partial charge < -0.3 is 10.5 Å². The molecule has 0 aliphatic carbocycles. The number of thiol groups is 1. The SMILES string of the molecule is CC(C)(CN)COc1cccc(C(C)(C)S)c1C(C)(C)C. The monoisotopic (exact) mass is 309 g/mol. The van der Waals surface area contributed by atoms with Gasteiger partial charge in [-0.15, -0.1) is 0 Å². The zero-order chi connectivity index (χ0) is 16.5. The fourth-order valence-electron chi connectivity index (χ4n) is 2.27. The van der Waals surface area contributed by atoms with Gasteiger partial charge in [0.25, 0.3) is 0 Å². The quantitative estimate of drug-likeness (QED) is 0.785. The van der Waals surface area contributed by atoms with E-state index in [1.807, 2.05) is 6.07 Å². The summed E-state index contributed by atoms with van der Waals surface area (Å²) < 4.78 is 5.94. The van der Waals surface area contributed by atoms with Crippen molar-refractivity contribution >= 4 is 12.6 Å². The molecule has 0 fully saturated rings. The van der Waals surface area contributed by atoms with Crippen molar-refractivity contribution in [3.63, 3.8) is 0 Å². The molecule has 0 radical (unpaired) electrons. The summed E-state index contributed by atoms with van der Waals surface area (Å²) in [6.07, 6.45) is 0. The molecule has 0 atom stereocenters. The summed E-state index contributed by atoms with van der Waals surface area (Å²) in [7, 11) is 0. The topological polar surface area (TPSA) is 35.2 Å². The number of benzene rings is 1. The minimum atomic E-state index is -0.203. The third-order valence-electron chi connectivity index (χ3n) is 3.61. The third kappa shape index (κ3) is 4.93. The Bertz CT molecular complexity index is 481. The van der Waals surface area contributed by atoms with Crippen LogP contribution >= 0.6 is 12.6 Å². The summed E-state index contributed by atoms with van der Waals surface area (Å²) in [5, 5.41) is 0. The molecule has 0 aliphatic heterocycles. The van der Waals surface area contributed by atoms with Crippen LogP contribution in [0.15, 0.2) is 18.2 Å². The molecule has 1 aromatic carbocycles. The van der Waals surface area contributed by atoms with Crippen LogP contribution in [-0.4, -0.2) is 13.2 Å². The van der Waals surface area contributed by atoms with E-state index in [0.29, 0.717) is 13.2 Å². The van der Waals surface area contributed by atoms with Gasteiger partial charge in [-0.25, -0.2) is 0 Å². The first kappa shape index (κ1) is 18.4. The molecular weight excluding hydrogens is 278 g/mol. The second kappa shape index (κ2) is 6.21. The van der Waals surface area contributed by atoms with Gasteiger partial charge in [0.1, 0.15) is 5.75 Å². The van der Waals surface area contributed by atoms with Gasteiger partial charge >= 0.3 is 0 Å². The Kier molecular flexibility index (Phi) is 5.44. The maximum atomic E-state index is 6.14. The Morgan fingerprint density at radius 3 is 2.05 bits per heavy atom. The largest absolute Gasteiger partial charge is 0.493 e. The van der Waals surface area contributed by atoms with Crippen molar-refractivity contribution in [2.24, 2.45) is 11.1 Å². The van der Waals surface area contributed by atoms with Crippen molar-refractivity contribution in [3.8, 4) is 5.75 Å². The maximum Gasteiger partial charge on any atom is 0.123 e. The summed E-state index contributed by atoms with van der Waals surface area (Å²) in [6.45, 7) is 16.3. The zero-order valence-electron chi connectivity index (χ0n) is 14.6. The lowest BCUT2D eigenvalue weighted by atomic mass is 9.79. The van der Waals surface area contributed by atoms with Crippen LogP contribution in [0.25, 0.3) is 0 Å². The lowest BCUT2D eigenvalue weighted by molar-refractivity contribution is 0.184. The van der Waals surface area contributed by atoms with E-state index in [9.17, 15) is 0 Å². The Morgan fingerprint density at radius 2 is 1.62 bits per heavy atom. The molecular formula is C18H31NOS. The third-order valence-corrected chi connectivity index (χ3v) is 3.85. The molecule has 0 aliphatic rings. The van der Waals surface area contributed by atoms with E-state index in [4.69, 9.17) is 23.1 Å². The van der Waals surface area contributed by atoms with Gasteiger partial charge in [-0.05, 0) is 30.9 Å². The fourth-order valence-corrected chi connectivity index (χ4v) is 2.45. The van der Waals surface area contributed by atoms with E-state index >= 15 is 0 Å². The molecule has 0 aromatic heterocycles. The van der Waals surface area contributed by atoms with E-state index < -0.39 is 0 Å². The summed E-state index contributed by atoms with van der Waals surface area (Å²) in [5.41, 5.74) is 8.23. The number of nitrogens with two attached hydrogens (primary N) is 1. The number of hydrogen-bond acceptors (Lipinski definition) is 3. The summed E-state index contributed by atoms with van der Waals surface area (Å²) in [5.74, 6) is 0.948. The van der Waals surface area contributed by atoms with Gasteiger partial charge in [0.2, 0.25) is 0 Å². The normalized spacial score (nSPS) is 13.4. The lowest BCUT2D eigenvalue weighted by Crippen LogP contribution is -2.31. The summed E-state index contributed by atoms with van der Waals surface area (Å²) in [4.78, 5) is 0. The van der Waals surface area contributed by atoms with Gasteiger partial charge in [0, 0.05) is 22.3 Å². The van der Waals surface area contributed by atoms with E-state index in [1.165, 1.54) is 11.1 Å². The van der Waals surface area contributed by atoms with Crippen molar-refractivity contribution < 1.29 is 4.74 Å². The fraction of sp³-hybridized carbons (Fsp3) is 0.667. The van der Waals surface area contributed by atoms with Gasteiger partial charge in [0.15, 0.2) is 0 Å². The molecule has 0 saturated carbocycles. The predicted molar refractivity (Wildman–Crippen MR) is 95.5 cm³/mol. The highest BCUT2D eigenvalue weighted by atomic mass is 32.1. The van der Waals surface area contributed by atoms with Crippen molar-refractivity contribution in [1.82, 2.24) is 0 Å². The standard InChI is InChI=1S/C18H31NOS/c1-16(2,3)15-13(18(6,7)21)9-8-10-14(15)20-12-17(4,5)11-19/h8-10,21H,11-12,19H2,1-7H3. The maximum absolute atomic E-state index is 6.14. The molecule has 1 aromatic rings. The first-order chi connectivity index (χ1) is 9.38. The van der Waals surface area contributed by atoms with Crippen molar-refractivity contribution in [1.29, 1.82) is 0 Å². The van der Waals surface area contributed by atoms with Crippen molar-refractivity contribution in [2.45, 2.75) is 58.6 Å². The van der Waals surface area contributed by atoms with Crippen LogP contribution in [-0.2, 0) is 10.2 Å². The minimum absolute atomic E-state index is 0.00121. The van der Waals surface area contributed by atoms with Gasteiger partial charge in [-0.3, -0.25) is 0 Å². The molecule has 21 heavy (non-hydrogen) atoms. The summed E-state index contributed by atoms with van der Waals surface area (Å²) >= 11 is 4.76. The molecule has 0 amide bonds. The van der Waals surface area contributed by atoms with E-state index in [2.05, 4.69) is 60.6 Å². The Labute approximate surface area is 135 Å². The Balaban J connectivity index is 3.27. The van der Waals surface area contributed by atoms with Crippen LogP contribution in [0.1, 0.15) is 59.6 Å². The highest BCUT2D eigenvalue weighted by Crippen LogP contribution is 2.41. The van der Waals surface area contributed by atoms with Crippen LogP contribution in [0.3, 0.4) is 0 Å². The van der Waals surface area contributed by atoms with Gasteiger partial charge in [0.05, 0.1) is 6.61 Å². The van der Waals surface area contributed by atoms with Crippen LogP contribution in [0.4, 0.5) is 0 Å². The first-order valence-corrected chi connectivity index (χ1v) is 8.02. The number of hydrogen-bond donors (Lipinski definition) is 2. The molecule has 2 nitrogen and oxygen atoms in total. The van der Waals surface area contributed by atoms with Gasteiger partial charge in [-0.1, -0.05) is 46.8 Å². The Morgan fingerprint density at radius 1 is 1.05 bits per heavy atom. The Hall–Kier alpha value is -0.670. The highest BCUT2D eigenvalue weighted by molar-refractivity contribution is 7.81. The van der Waals surface area contributed by atoms with Crippen molar-refractivity contribution in [2.75, 3.05) is 13.2 Å². The van der Waals surface area contributed by atoms with Crippen LogP contribution in [0, 0.1) is 5.41 Å². The van der Waals surface area contributed by atoms with E-state index in [1.54, 1.807) is 0 Å². The average molecular weight is 310 g/mol. The van der Waals surface area contributed by atoms with Crippen LogP contribution < -0.4 is 10.5 Å². The predicted octanol–water partition coefficient (Wildman–Crippen LogP) is 4.51. The molecule has 120 valence electrons. The molecule has 0 bridgehead atoms. The zero-order valence-corrected chi connectivity index (χ0v) is 15.5.